The Balaban J connectivity index is 2.34. The molecule has 0 aliphatic rings. The SMILES string of the molecule is Cc1ccc(O)c(CNCCNS(C)(=O)=O)n1. The van der Waals surface area contributed by atoms with Gasteiger partial charge in [-0.2, -0.15) is 0 Å². The summed E-state index contributed by atoms with van der Waals surface area (Å²) < 4.78 is 23.9. The first-order valence-electron chi connectivity index (χ1n) is 5.19. The van der Waals surface area contributed by atoms with Crippen molar-refractivity contribution in [3.05, 3.63) is 23.5 Å². The van der Waals surface area contributed by atoms with Crippen molar-refractivity contribution in [3.8, 4) is 5.75 Å². The quantitative estimate of drug-likeness (QED) is 0.612. The first kappa shape index (κ1) is 13.9. The second-order valence-electron chi connectivity index (χ2n) is 3.76. The molecule has 1 heterocycles. The second kappa shape index (κ2) is 5.95. The van der Waals surface area contributed by atoms with Crippen LogP contribution in [0.25, 0.3) is 0 Å². The fourth-order valence-corrected chi connectivity index (χ4v) is 1.74. The van der Waals surface area contributed by atoms with E-state index in [0.717, 1.165) is 11.9 Å². The Kier molecular flexibility index (Phi) is 4.86. The van der Waals surface area contributed by atoms with Gasteiger partial charge in [0.05, 0.1) is 11.9 Å². The van der Waals surface area contributed by atoms with Crippen LogP contribution in [0.5, 0.6) is 5.75 Å². The first-order valence-corrected chi connectivity index (χ1v) is 7.08. The summed E-state index contributed by atoms with van der Waals surface area (Å²) in [6.45, 7) is 3.03. The minimum Gasteiger partial charge on any atom is -0.506 e. The smallest absolute Gasteiger partial charge is 0.208 e. The van der Waals surface area contributed by atoms with Gasteiger partial charge < -0.3 is 10.4 Å². The van der Waals surface area contributed by atoms with Crippen molar-refractivity contribution >= 4 is 10.0 Å². The first-order chi connectivity index (χ1) is 7.88. The van der Waals surface area contributed by atoms with E-state index < -0.39 is 10.0 Å². The maximum absolute atomic E-state index is 10.8. The molecule has 17 heavy (non-hydrogen) atoms. The number of rotatable bonds is 6. The van der Waals surface area contributed by atoms with Crippen molar-refractivity contribution in [1.29, 1.82) is 0 Å². The average molecular weight is 259 g/mol. The molecule has 6 nitrogen and oxygen atoms in total. The largest absolute Gasteiger partial charge is 0.506 e. The van der Waals surface area contributed by atoms with Gasteiger partial charge in [0.15, 0.2) is 0 Å². The van der Waals surface area contributed by atoms with Crippen LogP contribution in [0.2, 0.25) is 0 Å². The third-order valence-corrected chi connectivity index (χ3v) is 2.78. The molecule has 0 aromatic carbocycles. The monoisotopic (exact) mass is 259 g/mol. The summed E-state index contributed by atoms with van der Waals surface area (Å²) in [7, 11) is -3.14. The molecule has 0 saturated carbocycles. The van der Waals surface area contributed by atoms with E-state index in [1.165, 1.54) is 0 Å². The fourth-order valence-electron chi connectivity index (χ4n) is 1.26. The van der Waals surface area contributed by atoms with Gasteiger partial charge in [0, 0.05) is 25.3 Å². The van der Waals surface area contributed by atoms with Gasteiger partial charge in [0.1, 0.15) is 5.75 Å². The molecule has 0 atom stereocenters. The summed E-state index contributed by atoms with van der Waals surface area (Å²) in [6, 6.07) is 3.32. The number of nitrogens with one attached hydrogen (secondary N) is 2. The molecule has 1 aromatic heterocycles. The van der Waals surface area contributed by atoms with Crippen LogP contribution in [0.15, 0.2) is 12.1 Å². The third-order valence-electron chi connectivity index (χ3n) is 2.05. The predicted molar refractivity (Wildman–Crippen MR) is 65.2 cm³/mol. The molecule has 96 valence electrons. The molecule has 1 aromatic rings. The molecule has 0 spiro atoms. The summed E-state index contributed by atoms with van der Waals surface area (Å²) in [5, 5.41) is 12.5. The lowest BCUT2D eigenvalue weighted by atomic mass is 10.3. The van der Waals surface area contributed by atoms with Gasteiger partial charge >= 0.3 is 0 Å². The van der Waals surface area contributed by atoms with Crippen LogP contribution in [-0.2, 0) is 16.6 Å². The molecule has 1 rings (SSSR count). The van der Waals surface area contributed by atoms with Gasteiger partial charge in [-0.05, 0) is 19.1 Å². The van der Waals surface area contributed by atoms with Crippen LogP contribution in [0.3, 0.4) is 0 Å². The Bertz CT molecular complexity index is 474. The molecule has 0 bridgehead atoms. The van der Waals surface area contributed by atoms with E-state index in [1.807, 2.05) is 6.92 Å². The highest BCUT2D eigenvalue weighted by Gasteiger charge is 2.03. The highest BCUT2D eigenvalue weighted by Crippen LogP contribution is 2.13. The lowest BCUT2D eigenvalue weighted by Gasteiger charge is -2.07. The molecule has 0 amide bonds. The molecule has 3 N–H and O–H groups in total. The lowest BCUT2D eigenvalue weighted by Crippen LogP contribution is -2.31. The van der Waals surface area contributed by atoms with Gasteiger partial charge in [-0.3, -0.25) is 4.98 Å². The van der Waals surface area contributed by atoms with Gasteiger partial charge in [-0.1, -0.05) is 0 Å². The Morgan fingerprint density at radius 1 is 1.35 bits per heavy atom. The van der Waals surface area contributed by atoms with Crippen molar-refractivity contribution in [2.75, 3.05) is 19.3 Å². The Labute approximate surface area is 101 Å². The van der Waals surface area contributed by atoms with Crippen molar-refractivity contribution in [1.82, 2.24) is 15.0 Å². The summed E-state index contributed by atoms with van der Waals surface area (Å²) in [4.78, 5) is 4.17. The normalized spacial score (nSPS) is 11.6. The fraction of sp³-hybridized carbons (Fsp3) is 0.500. The molecule has 0 unspecified atom stereocenters. The van der Waals surface area contributed by atoms with Crippen molar-refractivity contribution in [2.24, 2.45) is 0 Å². The number of nitrogens with zero attached hydrogens (tertiary/aromatic N) is 1. The zero-order valence-corrected chi connectivity index (χ0v) is 10.7. The highest BCUT2D eigenvalue weighted by molar-refractivity contribution is 7.88. The number of aromatic nitrogens is 1. The zero-order chi connectivity index (χ0) is 12.9. The molecule has 0 saturated heterocycles. The van der Waals surface area contributed by atoms with Gasteiger partial charge in [0.2, 0.25) is 10.0 Å². The maximum Gasteiger partial charge on any atom is 0.208 e. The summed E-state index contributed by atoms with van der Waals surface area (Å²) in [5.41, 5.74) is 1.39. The van der Waals surface area contributed by atoms with Crippen molar-refractivity contribution < 1.29 is 13.5 Å². The minimum absolute atomic E-state index is 0.138. The molecule has 7 heteroatoms. The number of hydrogen-bond acceptors (Lipinski definition) is 5. The topological polar surface area (TPSA) is 91.3 Å². The highest BCUT2D eigenvalue weighted by atomic mass is 32.2. The van der Waals surface area contributed by atoms with E-state index in [-0.39, 0.29) is 5.75 Å². The van der Waals surface area contributed by atoms with Crippen LogP contribution in [0.1, 0.15) is 11.4 Å². The van der Waals surface area contributed by atoms with Crippen molar-refractivity contribution in [3.63, 3.8) is 0 Å². The van der Waals surface area contributed by atoms with Gasteiger partial charge in [-0.15, -0.1) is 0 Å². The number of pyridine rings is 1. The third kappa shape index (κ3) is 5.62. The Hall–Kier alpha value is -1.18. The summed E-state index contributed by atoms with van der Waals surface area (Å²) in [6.07, 6.45) is 1.11. The van der Waals surface area contributed by atoms with Gasteiger partial charge in [0.25, 0.3) is 0 Å². The Morgan fingerprint density at radius 3 is 2.71 bits per heavy atom. The zero-order valence-electron chi connectivity index (χ0n) is 9.90. The standard InChI is InChI=1S/C10H17N3O3S/c1-8-3-4-10(14)9(13-8)7-11-5-6-12-17(2,15)16/h3-4,11-12,14H,5-7H2,1-2H3. The Morgan fingerprint density at radius 2 is 2.06 bits per heavy atom. The number of aromatic hydroxyl groups is 1. The van der Waals surface area contributed by atoms with E-state index in [4.69, 9.17) is 0 Å². The molecular formula is C10H17N3O3S. The van der Waals surface area contributed by atoms with Crippen LogP contribution in [-0.4, -0.2) is 37.9 Å². The molecule has 0 radical (unpaired) electrons. The van der Waals surface area contributed by atoms with E-state index in [2.05, 4.69) is 15.0 Å². The number of hydrogen-bond donors (Lipinski definition) is 3. The average Bonchev–Trinajstić information content (AvgIpc) is 2.21. The number of aryl methyl sites for hydroxylation is 1. The van der Waals surface area contributed by atoms with Crippen LogP contribution in [0, 0.1) is 6.92 Å². The summed E-state index contributed by atoms with van der Waals surface area (Å²) >= 11 is 0. The predicted octanol–water partition coefficient (Wildman–Crippen LogP) is -0.266. The van der Waals surface area contributed by atoms with Gasteiger partial charge in [-0.25, -0.2) is 13.1 Å². The summed E-state index contributed by atoms with van der Waals surface area (Å²) in [5.74, 6) is 0.138. The van der Waals surface area contributed by atoms with Crippen LogP contribution >= 0.6 is 0 Å². The second-order valence-corrected chi connectivity index (χ2v) is 5.59. The van der Waals surface area contributed by atoms with Crippen LogP contribution < -0.4 is 10.0 Å². The van der Waals surface area contributed by atoms with E-state index in [1.54, 1.807) is 12.1 Å². The molecule has 0 aliphatic carbocycles. The lowest BCUT2D eigenvalue weighted by molar-refractivity contribution is 0.459. The molecule has 0 aliphatic heterocycles. The van der Waals surface area contributed by atoms with Crippen molar-refractivity contribution in [2.45, 2.75) is 13.5 Å². The minimum atomic E-state index is -3.14. The van der Waals surface area contributed by atoms with Crippen LogP contribution in [0.4, 0.5) is 0 Å². The number of sulfonamides is 1. The maximum atomic E-state index is 10.8. The van der Waals surface area contributed by atoms with E-state index in [9.17, 15) is 13.5 Å². The molecule has 0 fully saturated rings. The molecular weight excluding hydrogens is 242 g/mol. The van der Waals surface area contributed by atoms with E-state index in [0.29, 0.717) is 25.3 Å². The van der Waals surface area contributed by atoms with E-state index >= 15 is 0 Å².